The van der Waals surface area contributed by atoms with Crippen molar-refractivity contribution in [3.05, 3.63) is 53.6 Å². The number of hydrogen-bond donors (Lipinski definition) is 1. The van der Waals surface area contributed by atoms with E-state index in [1.165, 1.54) is 5.56 Å². The van der Waals surface area contributed by atoms with Gasteiger partial charge >= 0.3 is 0 Å². The van der Waals surface area contributed by atoms with Crippen LogP contribution >= 0.6 is 0 Å². The van der Waals surface area contributed by atoms with E-state index in [1.807, 2.05) is 56.3 Å². The van der Waals surface area contributed by atoms with E-state index in [4.69, 9.17) is 9.47 Å². The Morgan fingerprint density at radius 3 is 2.43 bits per heavy atom. The van der Waals surface area contributed by atoms with Crippen molar-refractivity contribution in [2.45, 2.75) is 45.8 Å². The van der Waals surface area contributed by atoms with Crippen molar-refractivity contribution in [3.8, 4) is 11.5 Å². The van der Waals surface area contributed by atoms with Gasteiger partial charge in [-0.3, -0.25) is 4.79 Å². The Morgan fingerprint density at radius 2 is 1.79 bits per heavy atom. The molecule has 5 nitrogen and oxygen atoms in total. The fourth-order valence-corrected chi connectivity index (χ4v) is 3.33. The number of carbonyl (C=O) groups excluding carboxylic acids is 1. The van der Waals surface area contributed by atoms with Crippen molar-refractivity contribution < 1.29 is 14.3 Å². The standard InChI is InChI=1S/C23H30N2O3/c1-16-5-10-22(17(2)15-16)27-18(3)23(26)24-19-6-8-20(9-7-19)28-21-11-13-25(4)14-12-21/h5-10,15,18,21H,11-14H2,1-4H3,(H,24,26). The van der Waals surface area contributed by atoms with Gasteiger partial charge in [0.2, 0.25) is 0 Å². The predicted molar refractivity (Wildman–Crippen MR) is 112 cm³/mol. The van der Waals surface area contributed by atoms with Crippen molar-refractivity contribution >= 4 is 11.6 Å². The maximum Gasteiger partial charge on any atom is 0.265 e. The number of likely N-dealkylation sites (tertiary alicyclic amines) is 1. The highest BCUT2D eigenvalue weighted by atomic mass is 16.5. The lowest BCUT2D eigenvalue weighted by Gasteiger charge is -2.29. The zero-order chi connectivity index (χ0) is 20.1. The molecule has 1 fully saturated rings. The first-order chi connectivity index (χ1) is 13.4. The van der Waals surface area contributed by atoms with Gasteiger partial charge < -0.3 is 19.7 Å². The molecule has 1 aliphatic heterocycles. The lowest BCUT2D eigenvalue weighted by molar-refractivity contribution is -0.122. The molecule has 1 N–H and O–H groups in total. The van der Waals surface area contributed by atoms with Crippen LogP contribution in [-0.4, -0.2) is 43.2 Å². The summed E-state index contributed by atoms with van der Waals surface area (Å²) in [5, 5.41) is 2.90. The molecular weight excluding hydrogens is 352 g/mol. The molecule has 5 heteroatoms. The number of benzene rings is 2. The second kappa shape index (κ2) is 9.11. The first-order valence-electron chi connectivity index (χ1n) is 9.91. The average Bonchev–Trinajstić information content (AvgIpc) is 2.67. The fourth-order valence-electron chi connectivity index (χ4n) is 3.33. The molecule has 3 rings (SSSR count). The Labute approximate surface area is 167 Å². The normalized spacial score (nSPS) is 16.4. The van der Waals surface area contributed by atoms with Crippen LogP contribution in [0, 0.1) is 13.8 Å². The smallest absolute Gasteiger partial charge is 0.265 e. The number of aryl methyl sites for hydroxylation is 2. The van der Waals surface area contributed by atoms with Gasteiger partial charge in [-0.05, 0) is 76.6 Å². The van der Waals surface area contributed by atoms with Gasteiger partial charge in [0.05, 0.1) is 0 Å². The Bertz CT molecular complexity index is 796. The number of amides is 1. The molecule has 1 heterocycles. The SMILES string of the molecule is Cc1ccc(OC(C)C(=O)Nc2ccc(OC3CCN(C)CC3)cc2)c(C)c1. The van der Waals surface area contributed by atoms with E-state index in [2.05, 4.69) is 17.3 Å². The molecular formula is C23H30N2O3. The third kappa shape index (κ3) is 5.49. The first-order valence-corrected chi connectivity index (χ1v) is 9.91. The van der Waals surface area contributed by atoms with Crippen molar-refractivity contribution in [1.82, 2.24) is 4.90 Å². The number of nitrogens with zero attached hydrogens (tertiary/aromatic N) is 1. The van der Waals surface area contributed by atoms with E-state index in [1.54, 1.807) is 6.92 Å². The second-order valence-corrected chi connectivity index (χ2v) is 7.66. The highest BCUT2D eigenvalue weighted by molar-refractivity contribution is 5.94. The van der Waals surface area contributed by atoms with Crippen LogP contribution < -0.4 is 14.8 Å². The first kappa shape index (κ1) is 20.2. The maximum absolute atomic E-state index is 12.5. The fraction of sp³-hybridized carbons (Fsp3) is 0.435. The van der Waals surface area contributed by atoms with E-state index >= 15 is 0 Å². The predicted octanol–water partition coefficient (Wildman–Crippen LogP) is 4.18. The van der Waals surface area contributed by atoms with Gasteiger partial charge in [0.25, 0.3) is 5.91 Å². The molecule has 0 spiro atoms. The Kier molecular flexibility index (Phi) is 6.57. The van der Waals surface area contributed by atoms with E-state index in [9.17, 15) is 4.79 Å². The molecule has 0 aliphatic carbocycles. The number of hydrogen-bond acceptors (Lipinski definition) is 4. The Balaban J connectivity index is 1.52. The van der Waals surface area contributed by atoms with Crippen molar-refractivity contribution in [1.29, 1.82) is 0 Å². The minimum Gasteiger partial charge on any atom is -0.490 e. The van der Waals surface area contributed by atoms with Crippen LogP contribution in [0.15, 0.2) is 42.5 Å². The summed E-state index contributed by atoms with van der Waals surface area (Å²) in [6.45, 7) is 7.91. The van der Waals surface area contributed by atoms with Gasteiger partial charge in [-0.25, -0.2) is 0 Å². The quantitative estimate of drug-likeness (QED) is 0.814. The van der Waals surface area contributed by atoms with Crippen molar-refractivity contribution in [2.75, 3.05) is 25.5 Å². The second-order valence-electron chi connectivity index (χ2n) is 7.66. The number of carbonyl (C=O) groups is 1. The summed E-state index contributed by atoms with van der Waals surface area (Å²) in [6, 6.07) is 13.5. The molecule has 2 aromatic carbocycles. The molecule has 28 heavy (non-hydrogen) atoms. The Hall–Kier alpha value is -2.53. The topological polar surface area (TPSA) is 50.8 Å². The van der Waals surface area contributed by atoms with Gasteiger partial charge in [-0.1, -0.05) is 17.7 Å². The van der Waals surface area contributed by atoms with E-state index in [-0.39, 0.29) is 12.0 Å². The van der Waals surface area contributed by atoms with Gasteiger partial charge in [-0.15, -0.1) is 0 Å². The summed E-state index contributed by atoms with van der Waals surface area (Å²) >= 11 is 0. The van der Waals surface area contributed by atoms with Crippen LogP contribution in [-0.2, 0) is 4.79 Å². The summed E-state index contributed by atoms with van der Waals surface area (Å²) in [4.78, 5) is 14.8. The molecule has 0 bridgehead atoms. The molecule has 1 unspecified atom stereocenters. The molecule has 1 saturated heterocycles. The summed E-state index contributed by atoms with van der Waals surface area (Å²) in [5.74, 6) is 1.39. The van der Waals surface area contributed by atoms with E-state index in [0.717, 1.165) is 48.7 Å². The molecule has 1 amide bonds. The molecule has 150 valence electrons. The largest absolute Gasteiger partial charge is 0.490 e. The molecule has 0 saturated carbocycles. The van der Waals surface area contributed by atoms with Gasteiger partial charge in [0.15, 0.2) is 6.10 Å². The maximum atomic E-state index is 12.5. The van der Waals surface area contributed by atoms with E-state index in [0.29, 0.717) is 0 Å². The number of rotatable bonds is 6. The summed E-state index contributed by atoms with van der Waals surface area (Å²) in [7, 11) is 2.14. The van der Waals surface area contributed by atoms with Gasteiger partial charge in [-0.2, -0.15) is 0 Å². The number of anilines is 1. The molecule has 0 radical (unpaired) electrons. The zero-order valence-electron chi connectivity index (χ0n) is 17.2. The highest BCUT2D eigenvalue weighted by Crippen LogP contribution is 2.22. The van der Waals surface area contributed by atoms with Crippen molar-refractivity contribution in [2.24, 2.45) is 0 Å². The monoisotopic (exact) mass is 382 g/mol. The number of nitrogens with one attached hydrogen (secondary N) is 1. The average molecular weight is 383 g/mol. The molecule has 2 aromatic rings. The van der Waals surface area contributed by atoms with Crippen LogP contribution in [0.25, 0.3) is 0 Å². The van der Waals surface area contributed by atoms with Crippen LogP contribution in [0.2, 0.25) is 0 Å². The van der Waals surface area contributed by atoms with Crippen molar-refractivity contribution in [3.63, 3.8) is 0 Å². The highest BCUT2D eigenvalue weighted by Gasteiger charge is 2.18. The number of piperidine rings is 1. The molecule has 1 aliphatic rings. The molecule has 0 aromatic heterocycles. The van der Waals surface area contributed by atoms with Crippen LogP contribution in [0.4, 0.5) is 5.69 Å². The lowest BCUT2D eigenvalue weighted by atomic mass is 10.1. The summed E-state index contributed by atoms with van der Waals surface area (Å²) in [5.41, 5.74) is 2.93. The van der Waals surface area contributed by atoms with Gasteiger partial charge in [0, 0.05) is 18.8 Å². The number of ether oxygens (including phenoxy) is 2. The molecule has 1 atom stereocenters. The zero-order valence-corrected chi connectivity index (χ0v) is 17.2. The summed E-state index contributed by atoms with van der Waals surface area (Å²) in [6.07, 6.45) is 1.77. The van der Waals surface area contributed by atoms with Crippen LogP contribution in [0.1, 0.15) is 30.9 Å². The lowest BCUT2D eigenvalue weighted by Crippen LogP contribution is -2.35. The van der Waals surface area contributed by atoms with E-state index < -0.39 is 6.10 Å². The third-order valence-electron chi connectivity index (χ3n) is 5.09. The van der Waals surface area contributed by atoms with Crippen LogP contribution in [0.3, 0.4) is 0 Å². The minimum absolute atomic E-state index is 0.177. The van der Waals surface area contributed by atoms with Crippen LogP contribution in [0.5, 0.6) is 11.5 Å². The summed E-state index contributed by atoms with van der Waals surface area (Å²) < 4.78 is 11.9. The van der Waals surface area contributed by atoms with Gasteiger partial charge in [0.1, 0.15) is 17.6 Å². The Morgan fingerprint density at radius 1 is 1.11 bits per heavy atom. The third-order valence-corrected chi connectivity index (χ3v) is 5.09. The minimum atomic E-state index is -0.587.